The van der Waals surface area contributed by atoms with Crippen LogP contribution in [0.1, 0.15) is 69.7 Å². The maximum absolute atomic E-state index is 3.73. The van der Waals surface area contributed by atoms with Gasteiger partial charge in [-0.05, 0) is 58.6 Å². The molecule has 1 saturated carbocycles. The van der Waals surface area contributed by atoms with Gasteiger partial charge in [-0.3, -0.25) is 0 Å². The number of nitrogens with one attached hydrogen (secondary N) is 1. The Morgan fingerprint density at radius 1 is 1.30 bits per heavy atom. The van der Waals surface area contributed by atoms with Crippen molar-refractivity contribution in [3.8, 4) is 0 Å². The maximum atomic E-state index is 3.73. The van der Waals surface area contributed by atoms with Crippen LogP contribution in [0.15, 0.2) is 15.9 Å². The van der Waals surface area contributed by atoms with Crippen molar-refractivity contribution in [3.05, 3.63) is 20.8 Å². The first kappa shape index (κ1) is 16.5. The first-order valence-electron chi connectivity index (χ1n) is 8.22. The van der Waals surface area contributed by atoms with E-state index in [0.717, 1.165) is 18.4 Å². The molecule has 1 aliphatic carbocycles. The first-order chi connectivity index (χ1) is 9.76. The highest BCUT2D eigenvalue weighted by Gasteiger charge is 2.29. The fourth-order valence-electron chi connectivity index (χ4n) is 3.52. The van der Waals surface area contributed by atoms with Gasteiger partial charge < -0.3 is 5.32 Å². The highest BCUT2D eigenvalue weighted by molar-refractivity contribution is 9.10. The van der Waals surface area contributed by atoms with Crippen molar-refractivity contribution < 1.29 is 0 Å². The fraction of sp³-hybridized carbons (Fsp3) is 0.765. The van der Waals surface area contributed by atoms with Gasteiger partial charge in [-0.25, -0.2) is 0 Å². The predicted molar refractivity (Wildman–Crippen MR) is 93.4 cm³/mol. The van der Waals surface area contributed by atoms with Gasteiger partial charge in [0.15, 0.2) is 0 Å². The second-order valence-electron chi connectivity index (χ2n) is 6.09. The lowest BCUT2D eigenvalue weighted by Gasteiger charge is -2.34. The summed E-state index contributed by atoms with van der Waals surface area (Å²) in [5, 5.41) is 5.94. The lowest BCUT2D eigenvalue weighted by molar-refractivity contribution is 0.215. The van der Waals surface area contributed by atoms with Crippen molar-refractivity contribution in [3.63, 3.8) is 0 Å². The summed E-state index contributed by atoms with van der Waals surface area (Å²) >= 11 is 5.62. The summed E-state index contributed by atoms with van der Waals surface area (Å²) in [6.45, 7) is 5.59. The molecule has 1 nitrogen and oxygen atoms in total. The minimum absolute atomic E-state index is 0.557. The lowest BCUT2D eigenvalue weighted by Crippen LogP contribution is -2.30. The van der Waals surface area contributed by atoms with E-state index >= 15 is 0 Å². The van der Waals surface area contributed by atoms with Crippen molar-refractivity contribution in [1.82, 2.24) is 5.32 Å². The predicted octanol–water partition coefficient (Wildman–Crippen LogP) is 6.16. The van der Waals surface area contributed by atoms with E-state index in [9.17, 15) is 0 Å². The number of rotatable bonds is 7. The summed E-state index contributed by atoms with van der Waals surface area (Å²) in [7, 11) is 0. The van der Waals surface area contributed by atoms with Gasteiger partial charge in [0.2, 0.25) is 0 Å². The second-order valence-corrected chi connectivity index (χ2v) is 7.89. The number of unbranched alkanes of at least 4 members (excludes halogenated alkanes) is 1. The van der Waals surface area contributed by atoms with Gasteiger partial charge in [0, 0.05) is 15.4 Å². The molecule has 114 valence electrons. The molecule has 1 heterocycles. The summed E-state index contributed by atoms with van der Waals surface area (Å²) in [6.07, 6.45) is 9.90. The summed E-state index contributed by atoms with van der Waals surface area (Å²) < 4.78 is 1.29. The van der Waals surface area contributed by atoms with Gasteiger partial charge in [-0.1, -0.05) is 46.0 Å². The van der Waals surface area contributed by atoms with Crippen LogP contribution in [0.3, 0.4) is 0 Å². The van der Waals surface area contributed by atoms with Crippen molar-refractivity contribution >= 4 is 27.3 Å². The molecule has 20 heavy (non-hydrogen) atoms. The zero-order chi connectivity index (χ0) is 14.4. The Morgan fingerprint density at radius 2 is 2.05 bits per heavy atom. The van der Waals surface area contributed by atoms with E-state index in [1.54, 1.807) is 0 Å². The highest BCUT2D eigenvalue weighted by atomic mass is 79.9. The van der Waals surface area contributed by atoms with Gasteiger partial charge in [-0.15, -0.1) is 11.3 Å². The van der Waals surface area contributed by atoms with Crippen LogP contribution in [-0.2, 0) is 0 Å². The largest absolute Gasteiger partial charge is 0.309 e. The van der Waals surface area contributed by atoms with Crippen molar-refractivity contribution in [1.29, 1.82) is 0 Å². The topological polar surface area (TPSA) is 12.0 Å². The highest BCUT2D eigenvalue weighted by Crippen LogP contribution is 2.41. The maximum Gasteiger partial charge on any atom is 0.0454 e. The molecule has 1 aliphatic rings. The quantitative estimate of drug-likeness (QED) is 0.616. The van der Waals surface area contributed by atoms with Crippen LogP contribution in [0.2, 0.25) is 0 Å². The van der Waals surface area contributed by atoms with Crippen LogP contribution in [0, 0.1) is 11.8 Å². The normalized spacial score (nSPS) is 24.8. The van der Waals surface area contributed by atoms with E-state index < -0.39 is 0 Å². The number of thiophene rings is 1. The standard InChI is InChI=1S/C17H28BrNS/c1-3-5-6-13-7-9-14(10-8-13)16(19-4-2)17-15(18)11-12-20-17/h11-14,16,19H,3-10H2,1-2H3. The van der Waals surface area contributed by atoms with Crippen LogP contribution >= 0.6 is 27.3 Å². The Bertz CT molecular complexity index is 382. The molecule has 0 aromatic carbocycles. The van der Waals surface area contributed by atoms with E-state index in [4.69, 9.17) is 0 Å². The first-order valence-corrected chi connectivity index (χ1v) is 9.89. The minimum Gasteiger partial charge on any atom is -0.309 e. The molecular weight excluding hydrogens is 330 g/mol. The van der Waals surface area contributed by atoms with Gasteiger partial charge in [0.05, 0.1) is 0 Å². The van der Waals surface area contributed by atoms with Gasteiger partial charge in [0.25, 0.3) is 0 Å². The van der Waals surface area contributed by atoms with E-state index in [0.29, 0.717) is 6.04 Å². The van der Waals surface area contributed by atoms with E-state index in [1.807, 2.05) is 11.3 Å². The summed E-state index contributed by atoms with van der Waals surface area (Å²) in [5.74, 6) is 1.82. The number of hydrogen-bond acceptors (Lipinski definition) is 2. The third-order valence-corrected chi connectivity index (χ3v) is 6.63. The summed E-state index contributed by atoms with van der Waals surface area (Å²) in [5.41, 5.74) is 0. The lowest BCUT2D eigenvalue weighted by atomic mass is 9.76. The average Bonchev–Trinajstić information content (AvgIpc) is 2.89. The zero-order valence-corrected chi connectivity index (χ0v) is 15.2. The second kappa shape index (κ2) is 8.55. The van der Waals surface area contributed by atoms with Crippen molar-refractivity contribution in [2.24, 2.45) is 11.8 Å². The Morgan fingerprint density at radius 3 is 2.60 bits per heavy atom. The molecule has 1 fully saturated rings. The number of hydrogen-bond donors (Lipinski definition) is 1. The third-order valence-electron chi connectivity index (χ3n) is 4.68. The molecule has 1 unspecified atom stereocenters. The average molecular weight is 358 g/mol. The summed E-state index contributed by atoms with van der Waals surface area (Å²) in [6, 6.07) is 2.75. The van der Waals surface area contributed by atoms with Gasteiger partial charge in [0.1, 0.15) is 0 Å². The van der Waals surface area contributed by atoms with Crippen LogP contribution in [0.5, 0.6) is 0 Å². The smallest absolute Gasteiger partial charge is 0.0454 e. The van der Waals surface area contributed by atoms with Gasteiger partial charge in [-0.2, -0.15) is 0 Å². The minimum atomic E-state index is 0.557. The zero-order valence-electron chi connectivity index (χ0n) is 12.8. The van der Waals surface area contributed by atoms with Crippen LogP contribution in [0.25, 0.3) is 0 Å². The molecule has 3 heteroatoms. The van der Waals surface area contributed by atoms with Crippen LogP contribution < -0.4 is 5.32 Å². The molecule has 0 saturated heterocycles. The molecule has 1 aromatic rings. The van der Waals surface area contributed by atoms with Crippen molar-refractivity contribution in [2.45, 2.75) is 64.8 Å². The van der Waals surface area contributed by atoms with Crippen molar-refractivity contribution in [2.75, 3.05) is 6.54 Å². The molecule has 0 aliphatic heterocycles. The van der Waals surface area contributed by atoms with Crippen LogP contribution in [-0.4, -0.2) is 6.54 Å². The Balaban J connectivity index is 1.93. The SMILES string of the molecule is CCCCC1CCC(C(NCC)c2sccc2Br)CC1. The fourth-order valence-corrected chi connectivity index (χ4v) is 5.31. The molecule has 0 radical (unpaired) electrons. The Hall–Kier alpha value is 0.140. The third kappa shape index (κ3) is 4.32. The van der Waals surface area contributed by atoms with Gasteiger partial charge >= 0.3 is 0 Å². The molecule has 1 N–H and O–H groups in total. The Labute approximate surface area is 136 Å². The summed E-state index contributed by atoms with van der Waals surface area (Å²) in [4.78, 5) is 1.50. The monoisotopic (exact) mass is 357 g/mol. The Kier molecular flexibility index (Phi) is 7.06. The molecule has 0 bridgehead atoms. The molecule has 2 rings (SSSR count). The number of halogens is 1. The molecule has 0 spiro atoms. The van der Waals surface area contributed by atoms with E-state index in [1.165, 1.54) is 54.3 Å². The molecule has 1 atom stereocenters. The van der Waals surface area contributed by atoms with E-state index in [2.05, 4.69) is 46.5 Å². The van der Waals surface area contributed by atoms with E-state index in [-0.39, 0.29) is 0 Å². The molecular formula is C17H28BrNS. The van der Waals surface area contributed by atoms with Crippen LogP contribution in [0.4, 0.5) is 0 Å². The molecule has 0 amide bonds. The molecule has 1 aromatic heterocycles.